The number of para-hydroxylation sites is 1. The zero-order valence-corrected chi connectivity index (χ0v) is 17.1. The van der Waals surface area contributed by atoms with Gasteiger partial charge in [-0.1, -0.05) is 24.3 Å². The topological polar surface area (TPSA) is 107 Å². The highest BCUT2D eigenvalue weighted by Crippen LogP contribution is 2.38. The van der Waals surface area contributed by atoms with E-state index in [9.17, 15) is 14.7 Å². The number of benzene rings is 2. The third-order valence-electron chi connectivity index (χ3n) is 6.35. The molecule has 0 radical (unpaired) electrons. The van der Waals surface area contributed by atoms with E-state index in [0.717, 1.165) is 53.4 Å². The number of nitrogens with two attached hydrogens (primary N) is 1. The minimum absolute atomic E-state index is 0.173. The van der Waals surface area contributed by atoms with E-state index in [1.807, 2.05) is 36.4 Å². The van der Waals surface area contributed by atoms with Crippen LogP contribution in [0.5, 0.6) is 0 Å². The van der Waals surface area contributed by atoms with E-state index in [1.165, 1.54) is 0 Å². The average Bonchev–Trinajstić information content (AvgIpc) is 3.11. The molecule has 0 spiro atoms. The zero-order valence-electron chi connectivity index (χ0n) is 17.1. The van der Waals surface area contributed by atoms with Crippen molar-refractivity contribution in [3.05, 3.63) is 53.7 Å². The fourth-order valence-corrected chi connectivity index (χ4v) is 4.83. The number of nitrogens with zero attached hydrogens (tertiary/aromatic N) is 1. The standard InChI is InChI=1S/C24H25N3O4/c25-23(29)17-10-5-14(13-19(17)26-15-6-8-16(28)9-7-15)22-18-3-1-2-4-20(18)27-21(22)11-12-31-24(27)30/h1-5,10,13,15-16,26,28H,6-9,11-12H2,(H2,25,29). The monoisotopic (exact) mass is 419 g/mol. The highest BCUT2D eigenvalue weighted by molar-refractivity contribution is 6.05. The lowest BCUT2D eigenvalue weighted by molar-refractivity contribution is 0.1000. The van der Waals surface area contributed by atoms with Crippen LogP contribution in [0.25, 0.3) is 22.0 Å². The van der Waals surface area contributed by atoms with Gasteiger partial charge in [-0.15, -0.1) is 0 Å². The number of carbonyl (C=O) groups is 2. The first-order valence-corrected chi connectivity index (χ1v) is 10.7. The lowest BCUT2D eigenvalue weighted by Gasteiger charge is -2.28. The third kappa shape index (κ3) is 3.45. The Labute approximate surface area is 179 Å². The Morgan fingerprint density at radius 1 is 1.13 bits per heavy atom. The summed E-state index contributed by atoms with van der Waals surface area (Å²) in [6, 6.07) is 13.5. The molecule has 31 heavy (non-hydrogen) atoms. The van der Waals surface area contributed by atoms with Crippen molar-refractivity contribution in [3.63, 3.8) is 0 Å². The van der Waals surface area contributed by atoms with Gasteiger partial charge in [0, 0.05) is 34.8 Å². The van der Waals surface area contributed by atoms with Gasteiger partial charge in [0.2, 0.25) is 0 Å². The molecule has 0 saturated heterocycles. The number of aromatic nitrogens is 1. The Balaban J connectivity index is 1.62. The second-order valence-corrected chi connectivity index (χ2v) is 8.31. The lowest BCUT2D eigenvalue weighted by atomic mass is 9.92. The molecule has 7 nitrogen and oxygen atoms in total. The van der Waals surface area contributed by atoms with Crippen molar-refractivity contribution in [3.8, 4) is 11.1 Å². The van der Waals surface area contributed by atoms with Crippen LogP contribution in [0.15, 0.2) is 42.5 Å². The minimum Gasteiger partial charge on any atom is -0.448 e. The summed E-state index contributed by atoms with van der Waals surface area (Å²) in [6.07, 6.45) is 3.15. The molecule has 0 bridgehead atoms. The van der Waals surface area contributed by atoms with Gasteiger partial charge in [-0.2, -0.15) is 0 Å². The number of amides is 1. The van der Waals surface area contributed by atoms with Gasteiger partial charge in [0.1, 0.15) is 0 Å². The molecule has 1 aromatic heterocycles. The number of nitrogens with one attached hydrogen (secondary N) is 1. The molecule has 5 rings (SSSR count). The number of carbonyl (C=O) groups excluding carboxylic acids is 2. The highest BCUT2D eigenvalue weighted by Gasteiger charge is 2.27. The van der Waals surface area contributed by atoms with Gasteiger partial charge in [0.05, 0.1) is 23.8 Å². The molecule has 1 fully saturated rings. The number of primary amides is 1. The Morgan fingerprint density at radius 3 is 2.68 bits per heavy atom. The van der Waals surface area contributed by atoms with Crippen molar-refractivity contribution in [2.45, 2.75) is 44.2 Å². The van der Waals surface area contributed by atoms with Crippen molar-refractivity contribution in [2.24, 2.45) is 5.73 Å². The summed E-state index contributed by atoms with van der Waals surface area (Å²) in [5.41, 5.74) is 10.4. The second-order valence-electron chi connectivity index (χ2n) is 8.31. The van der Waals surface area contributed by atoms with Gasteiger partial charge >= 0.3 is 6.09 Å². The lowest BCUT2D eigenvalue weighted by Crippen LogP contribution is -2.29. The van der Waals surface area contributed by atoms with Crippen LogP contribution in [0.1, 0.15) is 41.7 Å². The van der Waals surface area contributed by atoms with Crippen LogP contribution < -0.4 is 11.1 Å². The number of hydrogen-bond donors (Lipinski definition) is 3. The smallest absolute Gasteiger partial charge is 0.418 e. The predicted octanol–water partition coefficient (Wildman–Crippen LogP) is 3.66. The Morgan fingerprint density at radius 2 is 1.90 bits per heavy atom. The maximum absolute atomic E-state index is 12.5. The number of fused-ring (bicyclic) bond motifs is 3. The Hall–Kier alpha value is -3.32. The van der Waals surface area contributed by atoms with Crippen LogP contribution >= 0.6 is 0 Å². The van der Waals surface area contributed by atoms with Gasteiger partial charge < -0.3 is 20.9 Å². The van der Waals surface area contributed by atoms with Gasteiger partial charge in [0.15, 0.2) is 0 Å². The molecule has 3 aromatic rings. The Kier molecular flexibility index (Phi) is 4.90. The minimum atomic E-state index is -0.489. The van der Waals surface area contributed by atoms with E-state index >= 15 is 0 Å². The van der Waals surface area contributed by atoms with E-state index in [-0.39, 0.29) is 18.2 Å². The van der Waals surface area contributed by atoms with Crippen molar-refractivity contribution in [2.75, 3.05) is 11.9 Å². The number of aliphatic hydroxyl groups excluding tert-OH is 1. The van der Waals surface area contributed by atoms with Crippen LogP contribution in [0.4, 0.5) is 10.5 Å². The fourth-order valence-electron chi connectivity index (χ4n) is 4.83. The van der Waals surface area contributed by atoms with Crippen molar-refractivity contribution < 1.29 is 19.4 Å². The van der Waals surface area contributed by atoms with Crippen LogP contribution in [0, 0.1) is 0 Å². The molecule has 7 heteroatoms. The van der Waals surface area contributed by atoms with Crippen molar-refractivity contribution in [1.29, 1.82) is 0 Å². The number of ether oxygens (including phenoxy) is 1. The number of rotatable bonds is 4. The van der Waals surface area contributed by atoms with E-state index < -0.39 is 5.91 Å². The predicted molar refractivity (Wildman–Crippen MR) is 118 cm³/mol. The normalized spacial score (nSPS) is 20.9. The van der Waals surface area contributed by atoms with Crippen molar-refractivity contribution >= 4 is 28.6 Å². The van der Waals surface area contributed by atoms with Gasteiger partial charge in [-0.3, -0.25) is 4.79 Å². The second kappa shape index (κ2) is 7.74. The number of hydrogen-bond acceptors (Lipinski definition) is 5. The highest BCUT2D eigenvalue weighted by atomic mass is 16.6. The molecule has 2 heterocycles. The van der Waals surface area contributed by atoms with E-state index in [1.54, 1.807) is 10.6 Å². The van der Waals surface area contributed by atoms with E-state index in [0.29, 0.717) is 24.3 Å². The summed E-state index contributed by atoms with van der Waals surface area (Å²) in [4.78, 5) is 24.6. The molecule has 2 aromatic carbocycles. The maximum atomic E-state index is 12.5. The van der Waals surface area contributed by atoms with Crippen LogP contribution in [0.2, 0.25) is 0 Å². The maximum Gasteiger partial charge on any atom is 0.418 e. The van der Waals surface area contributed by atoms with Crippen LogP contribution in [-0.2, 0) is 11.2 Å². The fraction of sp³-hybridized carbons (Fsp3) is 0.333. The molecule has 1 aliphatic carbocycles. The molecular formula is C24H25N3O4. The molecule has 1 saturated carbocycles. The first-order valence-electron chi connectivity index (χ1n) is 10.7. The summed E-state index contributed by atoms with van der Waals surface area (Å²) in [6.45, 7) is 0.344. The number of cyclic esters (lactones) is 1. The zero-order chi connectivity index (χ0) is 21.5. The third-order valence-corrected chi connectivity index (χ3v) is 6.35. The molecular weight excluding hydrogens is 394 g/mol. The van der Waals surface area contributed by atoms with Crippen molar-refractivity contribution in [1.82, 2.24) is 4.57 Å². The molecule has 4 N–H and O–H groups in total. The van der Waals surface area contributed by atoms with Crippen LogP contribution in [0.3, 0.4) is 0 Å². The van der Waals surface area contributed by atoms with Gasteiger partial charge in [-0.05, 0) is 49.4 Å². The first-order chi connectivity index (χ1) is 15.0. The summed E-state index contributed by atoms with van der Waals surface area (Å²) in [7, 11) is 0. The van der Waals surface area contributed by atoms with Gasteiger partial charge in [-0.25, -0.2) is 9.36 Å². The molecule has 0 unspecified atom stereocenters. The summed E-state index contributed by atoms with van der Waals surface area (Å²) in [5.74, 6) is -0.489. The molecule has 160 valence electrons. The Bertz CT molecular complexity index is 1180. The quantitative estimate of drug-likeness (QED) is 0.598. The summed E-state index contributed by atoms with van der Waals surface area (Å²) >= 11 is 0. The summed E-state index contributed by atoms with van der Waals surface area (Å²) < 4.78 is 6.92. The van der Waals surface area contributed by atoms with Crippen LogP contribution in [-0.4, -0.2) is 40.4 Å². The van der Waals surface area contributed by atoms with Gasteiger partial charge in [0.25, 0.3) is 5.91 Å². The molecule has 1 amide bonds. The molecule has 1 aliphatic heterocycles. The van der Waals surface area contributed by atoms with E-state index in [2.05, 4.69) is 5.32 Å². The molecule has 0 atom stereocenters. The molecule has 2 aliphatic rings. The number of aliphatic hydroxyl groups is 1. The van der Waals surface area contributed by atoms with E-state index in [4.69, 9.17) is 10.5 Å². The first kappa shape index (κ1) is 19.6. The number of anilines is 1. The SMILES string of the molecule is NC(=O)c1ccc(-c2c3n(c4ccccc24)C(=O)OCC3)cc1NC1CCC(O)CC1. The summed E-state index contributed by atoms with van der Waals surface area (Å²) in [5, 5.41) is 14.2. The largest absolute Gasteiger partial charge is 0.448 e. The average molecular weight is 419 g/mol.